The fourth-order valence-corrected chi connectivity index (χ4v) is 4.05. The molecule has 0 bridgehead atoms. The van der Waals surface area contributed by atoms with Crippen molar-refractivity contribution in [2.75, 3.05) is 18.4 Å². The molecule has 0 atom stereocenters. The maximum absolute atomic E-state index is 12.6. The third kappa shape index (κ3) is 3.92. The van der Waals surface area contributed by atoms with Crippen LogP contribution in [0.15, 0.2) is 23.0 Å². The van der Waals surface area contributed by atoms with Crippen molar-refractivity contribution in [3.05, 3.63) is 34.8 Å². The van der Waals surface area contributed by atoms with Gasteiger partial charge in [0.2, 0.25) is 11.7 Å². The Morgan fingerprint density at radius 2 is 2.25 bits per heavy atom. The van der Waals surface area contributed by atoms with Gasteiger partial charge in [-0.3, -0.25) is 14.4 Å². The predicted molar refractivity (Wildman–Crippen MR) is 93.4 cm³/mol. The molecule has 28 heavy (non-hydrogen) atoms. The number of halogens is 3. The van der Waals surface area contributed by atoms with E-state index in [-0.39, 0.29) is 18.3 Å². The van der Waals surface area contributed by atoms with Gasteiger partial charge in [0, 0.05) is 31.2 Å². The third-order valence-corrected chi connectivity index (χ3v) is 5.42. The highest BCUT2D eigenvalue weighted by Crippen LogP contribution is 2.35. The first-order valence-electron chi connectivity index (χ1n) is 8.31. The van der Waals surface area contributed by atoms with Crippen molar-refractivity contribution in [3.63, 3.8) is 0 Å². The van der Waals surface area contributed by atoms with Crippen molar-refractivity contribution in [2.45, 2.75) is 19.1 Å². The number of aromatic nitrogens is 4. The number of hydrogen-bond acceptors (Lipinski definition) is 7. The number of rotatable bonds is 4. The SMILES string of the molecule is Cn1cc(NC(=O)CN2CCc3sc(-c4noc(C(F)(F)F)n4)cc3C2)cn1. The van der Waals surface area contributed by atoms with Gasteiger partial charge in [0.05, 0.1) is 23.3 Å². The van der Waals surface area contributed by atoms with Crippen molar-refractivity contribution in [2.24, 2.45) is 7.05 Å². The molecule has 0 aromatic carbocycles. The van der Waals surface area contributed by atoms with E-state index in [2.05, 4.69) is 25.1 Å². The van der Waals surface area contributed by atoms with Crippen LogP contribution in [0.4, 0.5) is 18.9 Å². The topological polar surface area (TPSA) is 89.1 Å². The predicted octanol–water partition coefficient (Wildman–Crippen LogP) is 2.55. The second-order valence-electron chi connectivity index (χ2n) is 6.39. The molecule has 0 aliphatic carbocycles. The molecule has 148 valence electrons. The van der Waals surface area contributed by atoms with Crippen molar-refractivity contribution >= 4 is 22.9 Å². The second kappa shape index (κ2) is 7.02. The molecule has 1 amide bonds. The molecule has 4 rings (SSSR count). The molecule has 12 heteroatoms. The van der Waals surface area contributed by atoms with Gasteiger partial charge in [-0.25, -0.2) is 0 Å². The van der Waals surface area contributed by atoms with Gasteiger partial charge in [-0.05, 0) is 18.1 Å². The quantitative estimate of drug-likeness (QED) is 0.709. The number of hydrogen-bond donors (Lipinski definition) is 1. The largest absolute Gasteiger partial charge is 0.471 e. The molecule has 1 N–H and O–H groups in total. The molecular formula is C16H15F3N6O2S. The summed E-state index contributed by atoms with van der Waals surface area (Å²) in [6, 6.07) is 1.76. The highest BCUT2D eigenvalue weighted by atomic mass is 32.1. The standard InChI is InChI=1S/C16H15F3N6O2S/c1-24-7-10(5-20-24)21-13(26)8-25-3-2-11-9(6-25)4-12(28-11)14-22-15(27-23-14)16(17,18)19/h4-5,7H,2-3,6,8H2,1H3,(H,21,26). The molecule has 4 heterocycles. The number of aryl methyl sites for hydroxylation is 1. The van der Waals surface area contributed by atoms with Crippen LogP contribution in [0.1, 0.15) is 16.3 Å². The molecule has 0 fully saturated rings. The summed E-state index contributed by atoms with van der Waals surface area (Å²) in [4.78, 5) is 19.2. The third-order valence-electron chi connectivity index (χ3n) is 4.19. The Morgan fingerprint density at radius 3 is 2.93 bits per heavy atom. The molecule has 0 unspecified atom stereocenters. The minimum absolute atomic E-state index is 0.0763. The number of amides is 1. The summed E-state index contributed by atoms with van der Waals surface area (Å²) in [7, 11) is 1.76. The van der Waals surface area contributed by atoms with Crippen LogP contribution >= 0.6 is 11.3 Å². The molecule has 1 aliphatic heterocycles. The van der Waals surface area contributed by atoms with E-state index in [1.807, 2.05) is 4.90 Å². The zero-order valence-corrected chi connectivity index (χ0v) is 15.5. The molecule has 0 saturated carbocycles. The Kier molecular flexibility index (Phi) is 4.67. The van der Waals surface area contributed by atoms with Gasteiger partial charge in [-0.2, -0.15) is 23.3 Å². The number of nitrogens with one attached hydrogen (secondary N) is 1. The molecule has 1 aliphatic rings. The van der Waals surface area contributed by atoms with Crippen molar-refractivity contribution in [1.82, 2.24) is 24.8 Å². The van der Waals surface area contributed by atoms with Gasteiger partial charge >= 0.3 is 12.1 Å². The van der Waals surface area contributed by atoms with Crippen molar-refractivity contribution in [3.8, 4) is 10.7 Å². The fourth-order valence-electron chi connectivity index (χ4n) is 2.96. The average Bonchev–Trinajstić information content (AvgIpc) is 3.32. The van der Waals surface area contributed by atoms with Gasteiger partial charge in [-0.1, -0.05) is 5.16 Å². The fraction of sp³-hybridized carbons (Fsp3) is 0.375. The highest BCUT2D eigenvalue weighted by molar-refractivity contribution is 7.15. The first-order chi connectivity index (χ1) is 13.3. The lowest BCUT2D eigenvalue weighted by Gasteiger charge is -2.25. The zero-order chi connectivity index (χ0) is 19.9. The first kappa shape index (κ1) is 18.6. The average molecular weight is 412 g/mol. The summed E-state index contributed by atoms with van der Waals surface area (Å²) in [5.41, 5.74) is 1.58. The van der Waals surface area contributed by atoms with Crippen molar-refractivity contribution < 1.29 is 22.5 Å². The van der Waals surface area contributed by atoms with Crippen LogP contribution in [0.2, 0.25) is 0 Å². The Bertz CT molecular complexity index is 1010. The lowest BCUT2D eigenvalue weighted by molar-refractivity contribution is -0.159. The van der Waals surface area contributed by atoms with Gasteiger partial charge < -0.3 is 9.84 Å². The summed E-state index contributed by atoms with van der Waals surface area (Å²) >= 11 is 1.35. The van der Waals surface area contributed by atoms with E-state index in [1.54, 1.807) is 30.2 Å². The van der Waals surface area contributed by atoms with Gasteiger partial charge in [0.1, 0.15) is 0 Å². The summed E-state index contributed by atoms with van der Waals surface area (Å²) in [5, 5.41) is 10.2. The molecule has 0 spiro atoms. The number of thiophene rings is 1. The Balaban J connectivity index is 1.41. The summed E-state index contributed by atoms with van der Waals surface area (Å²) in [6.07, 6.45) is -0.695. The second-order valence-corrected chi connectivity index (χ2v) is 7.53. The van der Waals surface area contributed by atoms with Crippen LogP contribution in [0.25, 0.3) is 10.7 Å². The highest BCUT2D eigenvalue weighted by Gasteiger charge is 2.38. The van der Waals surface area contributed by atoms with E-state index < -0.39 is 12.1 Å². The number of carbonyl (C=O) groups excluding carboxylic acids is 1. The summed E-state index contributed by atoms with van der Waals surface area (Å²) < 4.78 is 43.8. The van der Waals surface area contributed by atoms with Crippen LogP contribution in [-0.4, -0.2) is 43.8 Å². The van der Waals surface area contributed by atoms with Crippen LogP contribution < -0.4 is 5.32 Å². The molecule has 8 nitrogen and oxygen atoms in total. The van der Waals surface area contributed by atoms with Gasteiger partial charge in [0.25, 0.3) is 0 Å². The van der Waals surface area contributed by atoms with E-state index in [4.69, 9.17) is 0 Å². The summed E-state index contributed by atoms with van der Waals surface area (Å²) in [6.45, 7) is 1.41. The van der Waals surface area contributed by atoms with Crippen LogP contribution in [0.3, 0.4) is 0 Å². The van der Waals surface area contributed by atoms with Gasteiger partial charge in [-0.15, -0.1) is 11.3 Å². The molecule has 3 aromatic heterocycles. The number of carbonyl (C=O) groups is 1. The van der Waals surface area contributed by atoms with Crippen molar-refractivity contribution in [1.29, 1.82) is 0 Å². The maximum Gasteiger partial charge on any atom is 0.471 e. The maximum atomic E-state index is 12.6. The van der Waals surface area contributed by atoms with Gasteiger partial charge in [0.15, 0.2) is 0 Å². The minimum atomic E-state index is -4.67. The lowest BCUT2D eigenvalue weighted by Crippen LogP contribution is -2.36. The smallest absolute Gasteiger partial charge is 0.329 e. The Morgan fingerprint density at radius 1 is 1.43 bits per heavy atom. The Labute approximate surface area is 160 Å². The number of alkyl halides is 3. The lowest BCUT2D eigenvalue weighted by atomic mass is 10.1. The number of anilines is 1. The molecule has 3 aromatic rings. The summed E-state index contributed by atoms with van der Waals surface area (Å²) in [5.74, 6) is -1.59. The van der Waals surface area contributed by atoms with E-state index in [0.717, 1.165) is 10.4 Å². The first-order valence-corrected chi connectivity index (χ1v) is 9.13. The van der Waals surface area contributed by atoms with E-state index in [1.165, 1.54) is 11.3 Å². The Hall–Kier alpha value is -2.73. The zero-order valence-electron chi connectivity index (χ0n) is 14.7. The van der Waals surface area contributed by atoms with Crippen LogP contribution in [0.5, 0.6) is 0 Å². The van der Waals surface area contributed by atoms with E-state index in [0.29, 0.717) is 30.1 Å². The van der Waals surface area contributed by atoms with Crippen LogP contribution in [0, 0.1) is 0 Å². The number of nitrogens with zero attached hydrogens (tertiary/aromatic N) is 5. The van der Waals surface area contributed by atoms with Crippen LogP contribution in [-0.2, 0) is 31.0 Å². The number of fused-ring (bicyclic) bond motifs is 1. The normalized spacial score (nSPS) is 14.9. The molecule has 0 saturated heterocycles. The molecule has 0 radical (unpaired) electrons. The minimum Gasteiger partial charge on any atom is -0.329 e. The van der Waals surface area contributed by atoms with E-state index >= 15 is 0 Å². The van der Waals surface area contributed by atoms with E-state index in [9.17, 15) is 18.0 Å². The monoisotopic (exact) mass is 412 g/mol. The molecular weight excluding hydrogens is 397 g/mol.